The maximum atomic E-state index is 10.8. The molecule has 15 heavy (non-hydrogen) atoms. The van der Waals surface area contributed by atoms with Crippen LogP contribution in [-0.4, -0.2) is 17.6 Å². The molecule has 0 bridgehead atoms. The van der Waals surface area contributed by atoms with Gasteiger partial charge in [0.2, 0.25) is 0 Å². The molecule has 84 valence electrons. The molecule has 1 heterocycles. The summed E-state index contributed by atoms with van der Waals surface area (Å²) < 4.78 is 0. The lowest BCUT2D eigenvalue weighted by molar-refractivity contribution is -0.146. The smallest absolute Gasteiger partial charge is 0.310 e. The van der Waals surface area contributed by atoms with Gasteiger partial charge in [0, 0.05) is 18.0 Å². The maximum absolute atomic E-state index is 10.8. The molecular formula is C11H17NO2S. The van der Waals surface area contributed by atoms with Gasteiger partial charge in [-0.05, 0) is 37.8 Å². The Balaban J connectivity index is 2.40. The first-order valence-electron chi connectivity index (χ1n) is 4.90. The van der Waals surface area contributed by atoms with Crippen LogP contribution in [0.3, 0.4) is 0 Å². The minimum Gasteiger partial charge on any atom is -0.481 e. The predicted octanol–water partition coefficient (Wildman–Crippen LogP) is 2.26. The summed E-state index contributed by atoms with van der Waals surface area (Å²) in [7, 11) is 0. The largest absolute Gasteiger partial charge is 0.481 e. The van der Waals surface area contributed by atoms with Crippen molar-refractivity contribution in [2.75, 3.05) is 6.54 Å². The second kappa shape index (κ2) is 4.77. The quantitative estimate of drug-likeness (QED) is 0.811. The zero-order valence-corrected chi connectivity index (χ0v) is 10.1. The highest BCUT2D eigenvalue weighted by atomic mass is 32.1. The number of carboxylic acid groups (broad SMARTS) is 1. The molecule has 3 nitrogen and oxygen atoms in total. The predicted molar refractivity (Wildman–Crippen MR) is 62.2 cm³/mol. The summed E-state index contributed by atoms with van der Waals surface area (Å²) in [6.45, 7) is 6.75. The SMILES string of the molecule is Cc1ccsc1CNCC(C)(C)C(=O)O. The molecule has 0 aromatic carbocycles. The summed E-state index contributed by atoms with van der Waals surface area (Å²) in [6.07, 6.45) is 0. The molecule has 1 aromatic heterocycles. The third-order valence-corrected chi connectivity index (χ3v) is 3.42. The average Bonchev–Trinajstić information content (AvgIpc) is 2.51. The molecule has 4 heteroatoms. The Hall–Kier alpha value is -0.870. The maximum Gasteiger partial charge on any atom is 0.310 e. The van der Waals surface area contributed by atoms with Crippen LogP contribution in [0, 0.1) is 12.3 Å². The van der Waals surface area contributed by atoms with E-state index in [1.54, 1.807) is 25.2 Å². The molecule has 0 saturated heterocycles. The van der Waals surface area contributed by atoms with E-state index in [9.17, 15) is 4.79 Å². The van der Waals surface area contributed by atoms with Crippen LogP contribution in [0.4, 0.5) is 0 Å². The molecule has 0 aliphatic rings. The second-order valence-electron chi connectivity index (χ2n) is 4.32. The zero-order valence-electron chi connectivity index (χ0n) is 9.33. The van der Waals surface area contributed by atoms with Crippen molar-refractivity contribution in [3.8, 4) is 0 Å². The van der Waals surface area contributed by atoms with E-state index in [4.69, 9.17) is 5.11 Å². The lowest BCUT2D eigenvalue weighted by atomic mass is 9.94. The molecule has 2 N–H and O–H groups in total. The first kappa shape index (κ1) is 12.2. The Morgan fingerprint density at radius 2 is 2.27 bits per heavy atom. The second-order valence-corrected chi connectivity index (χ2v) is 5.32. The minimum absolute atomic E-state index is 0.486. The summed E-state index contributed by atoms with van der Waals surface area (Å²) in [5, 5.41) is 14.1. The fourth-order valence-electron chi connectivity index (χ4n) is 1.15. The van der Waals surface area contributed by atoms with Gasteiger partial charge in [-0.1, -0.05) is 0 Å². The molecule has 0 fully saturated rings. The van der Waals surface area contributed by atoms with Gasteiger partial charge in [0.1, 0.15) is 0 Å². The van der Waals surface area contributed by atoms with Crippen molar-refractivity contribution in [3.63, 3.8) is 0 Å². The number of aliphatic carboxylic acids is 1. The van der Waals surface area contributed by atoms with Gasteiger partial charge in [-0.15, -0.1) is 11.3 Å². The van der Waals surface area contributed by atoms with Gasteiger partial charge in [0.15, 0.2) is 0 Å². The highest BCUT2D eigenvalue weighted by molar-refractivity contribution is 7.10. The van der Waals surface area contributed by atoms with E-state index >= 15 is 0 Å². The lowest BCUT2D eigenvalue weighted by Gasteiger charge is -2.19. The van der Waals surface area contributed by atoms with Crippen LogP contribution >= 0.6 is 11.3 Å². The van der Waals surface area contributed by atoms with Crippen molar-refractivity contribution < 1.29 is 9.90 Å². The Labute approximate surface area is 94.1 Å². The summed E-state index contributed by atoms with van der Waals surface area (Å²) in [5.41, 5.74) is 0.561. The van der Waals surface area contributed by atoms with Gasteiger partial charge in [-0.25, -0.2) is 0 Å². The third kappa shape index (κ3) is 3.32. The number of thiophene rings is 1. The van der Waals surface area contributed by atoms with Crippen molar-refractivity contribution in [1.29, 1.82) is 0 Å². The van der Waals surface area contributed by atoms with Gasteiger partial charge in [-0.2, -0.15) is 0 Å². The van der Waals surface area contributed by atoms with Crippen LogP contribution in [0.25, 0.3) is 0 Å². The number of nitrogens with one attached hydrogen (secondary N) is 1. The summed E-state index contributed by atoms with van der Waals surface area (Å²) in [6, 6.07) is 2.07. The Morgan fingerprint density at radius 3 is 2.73 bits per heavy atom. The van der Waals surface area contributed by atoms with Crippen LogP contribution < -0.4 is 5.32 Å². The molecule has 0 atom stereocenters. The van der Waals surface area contributed by atoms with Gasteiger partial charge in [0.25, 0.3) is 0 Å². The molecule has 0 unspecified atom stereocenters. The summed E-state index contributed by atoms with van der Waals surface area (Å²) in [4.78, 5) is 12.1. The van der Waals surface area contributed by atoms with Crippen LogP contribution in [0.5, 0.6) is 0 Å². The molecule has 0 spiro atoms. The number of rotatable bonds is 5. The van der Waals surface area contributed by atoms with Gasteiger partial charge in [-0.3, -0.25) is 4.79 Å². The van der Waals surface area contributed by atoms with Crippen molar-refractivity contribution >= 4 is 17.3 Å². The molecule has 0 aliphatic carbocycles. The van der Waals surface area contributed by atoms with Gasteiger partial charge in [0.05, 0.1) is 5.41 Å². The van der Waals surface area contributed by atoms with Crippen molar-refractivity contribution in [2.45, 2.75) is 27.3 Å². The third-order valence-electron chi connectivity index (χ3n) is 2.40. The number of carbonyl (C=O) groups is 1. The van der Waals surface area contributed by atoms with E-state index in [2.05, 4.69) is 23.7 Å². The summed E-state index contributed by atoms with van der Waals surface area (Å²) >= 11 is 1.70. The van der Waals surface area contributed by atoms with E-state index in [0.29, 0.717) is 6.54 Å². The van der Waals surface area contributed by atoms with E-state index in [1.165, 1.54) is 10.4 Å². The number of hydrogen-bond donors (Lipinski definition) is 2. The van der Waals surface area contributed by atoms with E-state index < -0.39 is 11.4 Å². The highest BCUT2D eigenvalue weighted by Crippen LogP contribution is 2.17. The molecule has 0 radical (unpaired) electrons. The van der Waals surface area contributed by atoms with E-state index in [0.717, 1.165) is 6.54 Å². The number of carboxylic acids is 1. The van der Waals surface area contributed by atoms with E-state index in [1.807, 2.05) is 0 Å². The lowest BCUT2D eigenvalue weighted by Crippen LogP contribution is -2.35. The Morgan fingerprint density at radius 1 is 1.60 bits per heavy atom. The standard InChI is InChI=1S/C11H17NO2S/c1-8-4-5-15-9(8)6-12-7-11(2,3)10(13)14/h4-5,12H,6-7H2,1-3H3,(H,13,14). The topological polar surface area (TPSA) is 49.3 Å². The molecule has 0 amide bonds. The number of hydrogen-bond acceptors (Lipinski definition) is 3. The first-order chi connectivity index (χ1) is 6.93. The fourth-order valence-corrected chi connectivity index (χ4v) is 2.03. The first-order valence-corrected chi connectivity index (χ1v) is 5.78. The minimum atomic E-state index is -0.766. The molecule has 1 aromatic rings. The van der Waals surface area contributed by atoms with Gasteiger partial charge >= 0.3 is 5.97 Å². The molecule has 0 saturated carbocycles. The average molecular weight is 227 g/mol. The van der Waals surface area contributed by atoms with Crippen molar-refractivity contribution in [3.05, 3.63) is 21.9 Å². The van der Waals surface area contributed by atoms with E-state index in [-0.39, 0.29) is 0 Å². The fraction of sp³-hybridized carbons (Fsp3) is 0.545. The van der Waals surface area contributed by atoms with Crippen LogP contribution in [-0.2, 0) is 11.3 Å². The number of aryl methyl sites for hydroxylation is 1. The van der Waals surface area contributed by atoms with Crippen molar-refractivity contribution in [1.82, 2.24) is 5.32 Å². The van der Waals surface area contributed by atoms with Crippen LogP contribution in [0.2, 0.25) is 0 Å². The monoisotopic (exact) mass is 227 g/mol. The highest BCUT2D eigenvalue weighted by Gasteiger charge is 2.26. The van der Waals surface area contributed by atoms with Gasteiger partial charge < -0.3 is 10.4 Å². The Bertz CT molecular complexity index is 344. The van der Waals surface area contributed by atoms with Crippen LogP contribution in [0.15, 0.2) is 11.4 Å². The van der Waals surface area contributed by atoms with Crippen LogP contribution in [0.1, 0.15) is 24.3 Å². The van der Waals surface area contributed by atoms with Crippen molar-refractivity contribution in [2.24, 2.45) is 5.41 Å². The normalized spacial score (nSPS) is 11.7. The summed E-state index contributed by atoms with van der Waals surface area (Å²) in [5.74, 6) is -0.766. The molecule has 0 aliphatic heterocycles. The molecular weight excluding hydrogens is 210 g/mol. The Kier molecular flexibility index (Phi) is 3.88. The molecule has 1 rings (SSSR count). The zero-order chi connectivity index (χ0) is 11.5.